The Labute approximate surface area is 111 Å². The average molecular weight is 337 g/mol. The fourth-order valence-corrected chi connectivity index (χ4v) is 2.56. The van der Waals surface area contributed by atoms with Gasteiger partial charge < -0.3 is 4.52 Å². The molecule has 17 heavy (non-hydrogen) atoms. The Bertz CT molecular complexity index is 639. The van der Waals surface area contributed by atoms with Crippen LogP contribution in [0.4, 0.5) is 0 Å². The van der Waals surface area contributed by atoms with E-state index in [0.717, 1.165) is 10.0 Å². The zero-order valence-corrected chi connectivity index (χ0v) is 11.6. The van der Waals surface area contributed by atoms with Gasteiger partial charge in [-0.25, -0.2) is 8.42 Å². The zero-order chi connectivity index (χ0) is 12.5. The minimum absolute atomic E-state index is 0.287. The Morgan fingerprint density at radius 2 is 2.12 bits per heavy atom. The summed E-state index contributed by atoms with van der Waals surface area (Å²) in [5.41, 5.74) is 1.10. The molecule has 1 heterocycles. The molecule has 0 N–H and O–H groups in total. The van der Waals surface area contributed by atoms with E-state index in [9.17, 15) is 8.42 Å². The van der Waals surface area contributed by atoms with E-state index in [0.29, 0.717) is 5.76 Å². The molecule has 0 unspecified atom stereocenters. The fourth-order valence-electron chi connectivity index (χ4n) is 1.33. The lowest BCUT2D eigenvalue weighted by Gasteiger charge is -1.94. The van der Waals surface area contributed by atoms with Crippen LogP contribution < -0.4 is 0 Å². The van der Waals surface area contributed by atoms with Gasteiger partial charge in [0, 0.05) is 26.8 Å². The lowest BCUT2D eigenvalue weighted by atomic mass is 10.2. The predicted octanol–water partition coefficient (Wildman–Crippen LogP) is 3.17. The monoisotopic (exact) mass is 335 g/mol. The highest BCUT2D eigenvalue weighted by Crippen LogP contribution is 2.24. The molecule has 7 heteroatoms. The molecular formula is C10H7BrClNO3S. The van der Waals surface area contributed by atoms with Gasteiger partial charge in [0.2, 0.25) is 9.05 Å². The van der Waals surface area contributed by atoms with Crippen molar-refractivity contribution in [2.75, 3.05) is 0 Å². The van der Waals surface area contributed by atoms with Gasteiger partial charge in [-0.1, -0.05) is 33.2 Å². The summed E-state index contributed by atoms with van der Waals surface area (Å²) in [4.78, 5) is 0. The molecule has 0 amide bonds. The highest BCUT2D eigenvalue weighted by molar-refractivity contribution is 9.10. The van der Waals surface area contributed by atoms with Crippen LogP contribution in [0.1, 0.15) is 5.69 Å². The first-order valence-corrected chi connectivity index (χ1v) is 7.85. The number of halogens is 2. The fraction of sp³-hybridized carbons (Fsp3) is 0.100. The highest BCUT2D eigenvalue weighted by Gasteiger charge is 2.13. The van der Waals surface area contributed by atoms with Crippen molar-refractivity contribution in [3.63, 3.8) is 0 Å². The lowest BCUT2D eigenvalue weighted by molar-refractivity contribution is 0.426. The lowest BCUT2D eigenvalue weighted by Crippen LogP contribution is -1.94. The van der Waals surface area contributed by atoms with Crippen molar-refractivity contribution in [2.45, 2.75) is 5.75 Å². The predicted molar refractivity (Wildman–Crippen MR) is 68.1 cm³/mol. The Kier molecular flexibility index (Phi) is 3.56. The third-order valence-electron chi connectivity index (χ3n) is 1.99. The second kappa shape index (κ2) is 4.80. The third kappa shape index (κ3) is 3.55. The normalized spacial score (nSPS) is 11.6. The molecule has 2 rings (SSSR count). The number of hydrogen-bond acceptors (Lipinski definition) is 4. The molecule has 0 aliphatic carbocycles. The van der Waals surface area contributed by atoms with Gasteiger partial charge in [-0.15, -0.1) is 0 Å². The molecule has 0 bridgehead atoms. The van der Waals surface area contributed by atoms with E-state index in [1.54, 1.807) is 6.07 Å². The van der Waals surface area contributed by atoms with Crippen molar-refractivity contribution in [3.05, 3.63) is 40.5 Å². The molecule has 0 saturated heterocycles. The topological polar surface area (TPSA) is 60.2 Å². The minimum Gasteiger partial charge on any atom is -0.356 e. The molecule has 0 aliphatic heterocycles. The van der Waals surface area contributed by atoms with E-state index < -0.39 is 9.05 Å². The second-order valence-corrected chi connectivity index (χ2v) is 7.07. The van der Waals surface area contributed by atoms with Gasteiger partial charge in [0.05, 0.1) is 0 Å². The van der Waals surface area contributed by atoms with Crippen LogP contribution in [0.3, 0.4) is 0 Å². The maximum absolute atomic E-state index is 10.9. The first-order valence-electron chi connectivity index (χ1n) is 4.58. The first kappa shape index (κ1) is 12.6. The summed E-state index contributed by atoms with van der Waals surface area (Å²) in [5.74, 6) is 0.160. The molecule has 1 aromatic heterocycles. The van der Waals surface area contributed by atoms with Crippen molar-refractivity contribution >= 4 is 35.7 Å². The second-order valence-electron chi connectivity index (χ2n) is 3.38. The Morgan fingerprint density at radius 1 is 1.35 bits per heavy atom. The van der Waals surface area contributed by atoms with Crippen molar-refractivity contribution in [2.24, 2.45) is 0 Å². The van der Waals surface area contributed by atoms with E-state index in [-0.39, 0.29) is 11.4 Å². The smallest absolute Gasteiger partial charge is 0.238 e. The number of rotatable bonds is 3. The summed E-state index contributed by atoms with van der Waals surface area (Å²) in [6, 6.07) is 8.97. The summed E-state index contributed by atoms with van der Waals surface area (Å²) < 4.78 is 27.7. The molecule has 1 aromatic carbocycles. The Balaban J connectivity index is 2.30. The number of aromatic nitrogens is 1. The third-order valence-corrected chi connectivity index (χ3v) is 3.45. The van der Waals surface area contributed by atoms with Gasteiger partial charge in [-0.2, -0.15) is 0 Å². The molecule has 0 fully saturated rings. The number of hydrogen-bond donors (Lipinski definition) is 0. The van der Waals surface area contributed by atoms with Gasteiger partial charge in [0.1, 0.15) is 11.4 Å². The summed E-state index contributed by atoms with van der Waals surface area (Å²) in [7, 11) is 1.52. The molecular weight excluding hydrogens is 330 g/mol. The molecule has 2 aromatic rings. The molecule has 0 radical (unpaired) electrons. The molecule has 0 spiro atoms. The minimum atomic E-state index is -3.61. The van der Waals surface area contributed by atoms with E-state index in [2.05, 4.69) is 21.1 Å². The summed E-state index contributed by atoms with van der Waals surface area (Å²) in [6.45, 7) is 0. The van der Waals surface area contributed by atoms with Crippen LogP contribution in [-0.4, -0.2) is 13.6 Å². The van der Waals surface area contributed by atoms with Gasteiger partial charge >= 0.3 is 0 Å². The van der Waals surface area contributed by atoms with Crippen molar-refractivity contribution in [3.8, 4) is 11.3 Å². The summed E-state index contributed by atoms with van der Waals surface area (Å²) in [5, 5.41) is 3.65. The largest absolute Gasteiger partial charge is 0.356 e. The number of nitrogens with zero attached hydrogens (tertiary/aromatic N) is 1. The summed E-state index contributed by atoms with van der Waals surface area (Å²) >= 11 is 3.34. The maximum Gasteiger partial charge on any atom is 0.238 e. The van der Waals surface area contributed by atoms with Crippen LogP contribution in [0, 0.1) is 0 Å². The van der Waals surface area contributed by atoms with Crippen LogP contribution in [0.5, 0.6) is 0 Å². The first-order chi connectivity index (χ1) is 7.94. The van der Waals surface area contributed by atoms with Gasteiger partial charge in [-0.05, 0) is 12.1 Å². The SMILES string of the molecule is O=S(=O)(Cl)Cc1cc(-c2cccc(Br)c2)on1. The van der Waals surface area contributed by atoms with E-state index in [1.807, 2.05) is 24.3 Å². The van der Waals surface area contributed by atoms with Crippen LogP contribution in [-0.2, 0) is 14.8 Å². The quantitative estimate of drug-likeness (QED) is 0.808. The van der Waals surface area contributed by atoms with Crippen LogP contribution in [0.2, 0.25) is 0 Å². The maximum atomic E-state index is 10.9. The van der Waals surface area contributed by atoms with E-state index in [4.69, 9.17) is 15.2 Å². The molecule has 0 saturated carbocycles. The van der Waals surface area contributed by atoms with Gasteiger partial charge in [-0.3, -0.25) is 0 Å². The summed E-state index contributed by atoms with van der Waals surface area (Å²) in [6.07, 6.45) is 0. The van der Waals surface area contributed by atoms with Crippen LogP contribution in [0.15, 0.2) is 39.3 Å². The Morgan fingerprint density at radius 3 is 2.76 bits per heavy atom. The van der Waals surface area contributed by atoms with Gasteiger partial charge in [0.25, 0.3) is 0 Å². The highest BCUT2D eigenvalue weighted by atomic mass is 79.9. The molecule has 4 nitrogen and oxygen atoms in total. The molecule has 90 valence electrons. The van der Waals surface area contributed by atoms with Crippen LogP contribution >= 0.6 is 26.6 Å². The average Bonchev–Trinajstić information content (AvgIpc) is 2.63. The van der Waals surface area contributed by atoms with Crippen molar-refractivity contribution in [1.29, 1.82) is 0 Å². The standard InChI is InChI=1S/C10H7BrClNO3S/c11-8-3-1-2-7(4-8)10-5-9(13-16-10)6-17(12,14)15/h1-5H,6H2. The van der Waals surface area contributed by atoms with Crippen molar-refractivity contribution < 1.29 is 12.9 Å². The Hall–Kier alpha value is -0.850. The molecule has 0 aliphatic rings. The van der Waals surface area contributed by atoms with Crippen LogP contribution in [0.25, 0.3) is 11.3 Å². The zero-order valence-electron chi connectivity index (χ0n) is 8.43. The molecule has 0 atom stereocenters. The van der Waals surface area contributed by atoms with Crippen molar-refractivity contribution in [1.82, 2.24) is 5.16 Å². The number of benzene rings is 1. The van der Waals surface area contributed by atoms with Gasteiger partial charge in [0.15, 0.2) is 5.76 Å². The van der Waals surface area contributed by atoms with E-state index in [1.165, 1.54) is 0 Å². The van der Waals surface area contributed by atoms with E-state index >= 15 is 0 Å².